The van der Waals surface area contributed by atoms with E-state index in [4.69, 9.17) is 0 Å². The molecule has 0 radical (unpaired) electrons. The minimum Gasteiger partial charge on any atom is -0.310 e. The van der Waals surface area contributed by atoms with Crippen molar-refractivity contribution in [2.75, 3.05) is 4.90 Å². The Morgan fingerprint density at radius 3 is 1.40 bits per heavy atom. The molecular formula is C34H25N. The summed E-state index contributed by atoms with van der Waals surface area (Å²) in [5.41, 5.74) is 6.03. The molecule has 35 heavy (non-hydrogen) atoms. The van der Waals surface area contributed by atoms with Gasteiger partial charge >= 0.3 is 0 Å². The molecule has 0 fully saturated rings. The third kappa shape index (κ3) is 3.09. The van der Waals surface area contributed by atoms with Crippen molar-refractivity contribution in [1.29, 1.82) is 0 Å². The summed E-state index contributed by atoms with van der Waals surface area (Å²) in [6, 6.07) is 42.4. The van der Waals surface area contributed by atoms with Crippen LogP contribution in [0.2, 0.25) is 0 Å². The lowest BCUT2D eigenvalue weighted by atomic mass is 9.89. The molecule has 0 aliphatic carbocycles. The summed E-state index contributed by atoms with van der Waals surface area (Å²) in [7, 11) is 0. The normalized spacial score (nSPS) is 11.7. The van der Waals surface area contributed by atoms with Crippen LogP contribution < -0.4 is 4.90 Å². The van der Waals surface area contributed by atoms with Crippen molar-refractivity contribution in [3.63, 3.8) is 0 Å². The molecular weight excluding hydrogens is 422 g/mol. The molecule has 166 valence electrons. The summed E-state index contributed by atoms with van der Waals surface area (Å²) in [5, 5.41) is 10.5. The van der Waals surface area contributed by atoms with Crippen LogP contribution in [0, 0.1) is 13.8 Å². The van der Waals surface area contributed by atoms with Gasteiger partial charge in [0, 0.05) is 17.1 Å². The van der Waals surface area contributed by atoms with Crippen LogP contribution in [0.15, 0.2) is 115 Å². The molecule has 0 saturated carbocycles. The van der Waals surface area contributed by atoms with Crippen LogP contribution in [-0.4, -0.2) is 0 Å². The molecule has 0 unspecified atom stereocenters. The lowest BCUT2D eigenvalue weighted by Gasteiger charge is -2.27. The summed E-state index contributed by atoms with van der Waals surface area (Å²) >= 11 is 0. The molecule has 0 atom stereocenters. The van der Waals surface area contributed by atoms with Crippen molar-refractivity contribution >= 4 is 60.2 Å². The Morgan fingerprint density at radius 2 is 0.857 bits per heavy atom. The number of benzene rings is 7. The third-order valence-electron chi connectivity index (χ3n) is 7.29. The van der Waals surface area contributed by atoms with E-state index in [1.165, 1.54) is 59.9 Å². The molecule has 7 aromatic rings. The van der Waals surface area contributed by atoms with Gasteiger partial charge < -0.3 is 4.90 Å². The molecule has 0 saturated heterocycles. The second-order valence-corrected chi connectivity index (χ2v) is 9.61. The summed E-state index contributed by atoms with van der Waals surface area (Å²) in [6.07, 6.45) is 0. The van der Waals surface area contributed by atoms with Crippen LogP contribution >= 0.6 is 0 Å². The van der Waals surface area contributed by atoms with Crippen LogP contribution in [-0.2, 0) is 0 Å². The van der Waals surface area contributed by atoms with E-state index < -0.39 is 0 Å². The zero-order valence-corrected chi connectivity index (χ0v) is 19.9. The Kier molecular flexibility index (Phi) is 4.34. The van der Waals surface area contributed by atoms with Gasteiger partial charge in [-0.15, -0.1) is 0 Å². The van der Waals surface area contributed by atoms with E-state index in [2.05, 4.69) is 134 Å². The zero-order chi connectivity index (χ0) is 23.5. The molecule has 0 aromatic heterocycles. The minimum absolute atomic E-state index is 1.16. The van der Waals surface area contributed by atoms with E-state index in [0.29, 0.717) is 0 Å². The first-order chi connectivity index (χ1) is 17.2. The van der Waals surface area contributed by atoms with E-state index >= 15 is 0 Å². The van der Waals surface area contributed by atoms with Gasteiger partial charge in [0.15, 0.2) is 0 Å². The van der Waals surface area contributed by atoms with Gasteiger partial charge in [-0.3, -0.25) is 0 Å². The van der Waals surface area contributed by atoms with E-state index in [-0.39, 0.29) is 0 Å². The Morgan fingerprint density at radius 1 is 0.400 bits per heavy atom. The molecule has 1 heteroatoms. The molecule has 0 bridgehead atoms. The van der Waals surface area contributed by atoms with Gasteiger partial charge in [0.2, 0.25) is 0 Å². The minimum atomic E-state index is 1.16. The predicted molar refractivity (Wildman–Crippen MR) is 152 cm³/mol. The lowest BCUT2D eigenvalue weighted by Crippen LogP contribution is -2.10. The molecule has 0 spiro atoms. The average molecular weight is 448 g/mol. The van der Waals surface area contributed by atoms with Crippen molar-refractivity contribution in [3.8, 4) is 0 Å². The second-order valence-electron chi connectivity index (χ2n) is 9.61. The van der Waals surface area contributed by atoms with Gasteiger partial charge in [-0.2, -0.15) is 0 Å². The SMILES string of the molecule is Cc1ccc(N(c2ccc(C)cc2)c2cc3cccc4c5cccc6cccc(c(c2)c34)c65)cc1. The van der Waals surface area contributed by atoms with Crippen LogP contribution in [0.1, 0.15) is 11.1 Å². The van der Waals surface area contributed by atoms with E-state index in [0.717, 1.165) is 11.4 Å². The standard InChI is InChI=1S/C34H25N/c1-22-12-16-26(17-13-22)35(27-18-14-23(2)15-19-27)28-20-25-8-5-10-30-29-9-3-6-24-7-4-11-31(33(24)29)32(21-28)34(25)30/h3-21H,1-2H3. The number of aryl methyl sites for hydroxylation is 2. The highest BCUT2D eigenvalue weighted by atomic mass is 15.1. The van der Waals surface area contributed by atoms with Gasteiger partial charge in [-0.25, -0.2) is 0 Å². The molecule has 0 aliphatic rings. The topological polar surface area (TPSA) is 3.24 Å². The Hall–Kier alpha value is -4.36. The second kappa shape index (κ2) is 7.58. The molecule has 0 N–H and O–H groups in total. The van der Waals surface area contributed by atoms with Crippen molar-refractivity contribution < 1.29 is 0 Å². The largest absolute Gasteiger partial charge is 0.310 e. The molecule has 7 rings (SSSR count). The van der Waals surface area contributed by atoms with Gasteiger partial charge in [-0.05, 0) is 93.3 Å². The van der Waals surface area contributed by atoms with Crippen LogP contribution in [0.5, 0.6) is 0 Å². The molecule has 0 amide bonds. The highest BCUT2D eigenvalue weighted by molar-refractivity contribution is 6.33. The van der Waals surface area contributed by atoms with E-state index in [1.807, 2.05) is 0 Å². The molecule has 0 aliphatic heterocycles. The quantitative estimate of drug-likeness (QED) is 0.192. The first-order valence-corrected chi connectivity index (χ1v) is 12.2. The monoisotopic (exact) mass is 447 g/mol. The Labute approximate surface area is 205 Å². The average Bonchev–Trinajstić information content (AvgIpc) is 2.89. The summed E-state index contributed by atoms with van der Waals surface area (Å²) < 4.78 is 0. The molecule has 1 nitrogen and oxygen atoms in total. The molecule has 0 heterocycles. The smallest absolute Gasteiger partial charge is 0.0474 e. The fraction of sp³-hybridized carbons (Fsp3) is 0.0588. The van der Waals surface area contributed by atoms with Gasteiger partial charge in [-0.1, -0.05) is 90.0 Å². The Bertz CT molecular complexity index is 1790. The highest BCUT2D eigenvalue weighted by Gasteiger charge is 2.18. The summed E-state index contributed by atoms with van der Waals surface area (Å²) in [5.74, 6) is 0. The van der Waals surface area contributed by atoms with Crippen LogP contribution in [0.3, 0.4) is 0 Å². The number of hydrogen-bond donors (Lipinski definition) is 0. The maximum atomic E-state index is 2.39. The maximum Gasteiger partial charge on any atom is 0.0474 e. The lowest BCUT2D eigenvalue weighted by molar-refractivity contribution is 1.27. The van der Waals surface area contributed by atoms with E-state index in [9.17, 15) is 0 Å². The van der Waals surface area contributed by atoms with Gasteiger partial charge in [0.05, 0.1) is 0 Å². The first-order valence-electron chi connectivity index (χ1n) is 12.2. The predicted octanol–water partition coefficient (Wildman–Crippen LogP) is 9.82. The number of nitrogens with zero attached hydrogens (tertiary/aromatic N) is 1. The zero-order valence-electron chi connectivity index (χ0n) is 19.9. The molecule has 7 aromatic carbocycles. The van der Waals surface area contributed by atoms with Crippen molar-refractivity contribution in [1.82, 2.24) is 0 Å². The van der Waals surface area contributed by atoms with Crippen molar-refractivity contribution in [2.24, 2.45) is 0 Å². The first kappa shape index (κ1) is 20.1. The summed E-state index contributed by atoms with van der Waals surface area (Å²) in [4.78, 5) is 2.38. The third-order valence-corrected chi connectivity index (χ3v) is 7.29. The maximum absolute atomic E-state index is 2.39. The number of anilines is 3. The number of fused-ring (bicyclic) bond motifs is 2. The van der Waals surface area contributed by atoms with Crippen molar-refractivity contribution in [3.05, 3.63) is 126 Å². The summed E-state index contributed by atoms with van der Waals surface area (Å²) in [6.45, 7) is 4.28. The van der Waals surface area contributed by atoms with E-state index in [1.54, 1.807) is 0 Å². The van der Waals surface area contributed by atoms with Crippen molar-refractivity contribution in [2.45, 2.75) is 13.8 Å². The Balaban J connectivity index is 1.60. The van der Waals surface area contributed by atoms with Gasteiger partial charge in [0.25, 0.3) is 0 Å². The van der Waals surface area contributed by atoms with Crippen LogP contribution in [0.25, 0.3) is 43.1 Å². The fourth-order valence-electron chi connectivity index (χ4n) is 5.60. The number of rotatable bonds is 3. The van der Waals surface area contributed by atoms with Crippen LogP contribution in [0.4, 0.5) is 17.1 Å². The fourth-order valence-corrected chi connectivity index (χ4v) is 5.60. The highest BCUT2D eigenvalue weighted by Crippen LogP contribution is 2.44. The van der Waals surface area contributed by atoms with Gasteiger partial charge in [0.1, 0.15) is 0 Å². The number of hydrogen-bond acceptors (Lipinski definition) is 1.